The summed E-state index contributed by atoms with van der Waals surface area (Å²) in [6, 6.07) is 7.32. The molecule has 0 atom stereocenters. The first-order chi connectivity index (χ1) is 16.1. The number of amides is 1. The van der Waals surface area contributed by atoms with Gasteiger partial charge in [0.2, 0.25) is 0 Å². The fourth-order valence-electron chi connectivity index (χ4n) is 3.54. The molecule has 0 N–H and O–H groups in total. The molecule has 4 rings (SSSR count). The van der Waals surface area contributed by atoms with Gasteiger partial charge in [0.1, 0.15) is 11.3 Å². The summed E-state index contributed by atoms with van der Waals surface area (Å²) in [6.07, 6.45) is -2.15. The number of aryl methyl sites for hydroxylation is 1. The summed E-state index contributed by atoms with van der Waals surface area (Å²) in [4.78, 5) is 18.9. The predicted octanol–water partition coefficient (Wildman–Crippen LogP) is 4.57. The summed E-state index contributed by atoms with van der Waals surface area (Å²) in [5, 5.41) is 8.35. The molecule has 0 fully saturated rings. The molecule has 12 heteroatoms. The van der Waals surface area contributed by atoms with E-state index in [-0.39, 0.29) is 23.4 Å². The molecule has 0 spiro atoms. The Labute approximate surface area is 197 Å². The van der Waals surface area contributed by atoms with Crippen molar-refractivity contribution in [1.82, 2.24) is 29.3 Å². The number of fused-ring (bicyclic) bond motifs is 1. The number of nitrogens with zero attached hydrogens (tertiary/aromatic N) is 6. The van der Waals surface area contributed by atoms with Gasteiger partial charge in [-0.15, -0.1) is 0 Å². The van der Waals surface area contributed by atoms with E-state index in [0.717, 1.165) is 12.3 Å². The SMILES string of the molecule is CCn1ncc(Cl)c1CN(C)C(=O)c1cnn2c(C(F)(F)F)cc(-c3ccc(OC)cc3)nc12. The normalized spacial score (nSPS) is 11.7. The van der Waals surface area contributed by atoms with Gasteiger partial charge in [-0.1, -0.05) is 11.6 Å². The number of carbonyl (C=O) groups is 1. The van der Waals surface area contributed by atoms with E-state index in [2.05, 4.69) is 15.2 Å². The number of halogens is 4. The minimum Gasteiger partial charge on any atom is -0.497 e. The zero-order valence-electron chi connectivity index (χ0n) is 18.5. The van der Waals surface area contributed by atoms with E-state index in [4.69, 9.17) is 16.3 Å². The number of hydrogen-bond acceptors (Lipinski definition) is 5. The topological polar surface area (TPSA) is 77.6 Å². The van der Waals surface area contributed by atoms with Gasteiger partial charge in [-0.2, -0.15) is 23.4 Å². The zero-order chi connectivity index (χ0) is 24.6. The van der Waals surface area contributed by atoms with Crippen molar-refractivity contribution in [2.75, 3.05) is 14.2 Å². The molecule has 3 aromatic heterocycles. The molecular formula is C22H20ClF3N6O2. The first-order valence-corrected chi connectivity index (χ1v) is 10.6. The highest BCUT2D eigenvalue weighted by molar-refractivity contribution is 6.31. The Bertz CT molecular complexity index is 1350. The van der Waals surface area contributed by atoms with Crippen molar-refractivity contribution in [3.05, 3.63) is 64.7 Å². The summed E-state index contributed by atoms with van der Waals surface area (Å²) >= 11 is 6.19. The Kier molecular flexibility index (Phi) is 6.22. The summed E-state index contributed by atoms with van der Waals surface area (Å²) in [5.74, 6) is -0.00452. The van der Waals surface area contributed by atoms with E-state index in [1.54, 1.807) is 28.9 Å². The van der Waals surface area contributed by atoms with E-state index in [0.29, 0.717) is 33.1 Å². The van der Waals surface area contributed by atoms with Crippen LogP contribution in [0.5, 0.6) is 5.75 Å². The van der Waals surface area contributed by atoms with Gasteiger partial charge < -0.3 is 9.64 Å². The lowest BCUT2D eigenvalue weighted by atomic mass is 10.1. The molecule has 0 aliphatic rings. The van der Waals surface area contributed by atoms with Crippen molar-refractivity contribution in [3.8, 4) is 17.0 Å². The maximum atomic E-state index is 13.9. The molecular weight excluding hydrogens is 473 g/mol. The lowest BCUT2D eigenvalue weighted by molar-refractivity contribution is -0.142. The Morgan fingerprint density at radius 2 is 1.88 bits per heavy atom. The van der Waals surface area contributed by atoms with Gasteiger partial charge in [0.25, 0.3) is 5.91 Å². The van der Waals surface area contributed by atoms with Crippen LogP contribution in [-0.4, -0.2) is 49.3 Å². The van der Waals surface area contributed by atoms with Crippen molar-refractivity contribution in [3.63, 3.8) is 0 Å². The van der Waals surface area contributed by atoms with Gasteiger partial charge in [0.05, 0.1) is 42.5 Å². The molecule has 0 aliphatic heterocycles. The van der Waals surface area contributed by atoms with Crippen LogP contribution in [0.2, 0.25) is 5.02 Å². The van der Waals surface area contributed by atoms with Crippen LogP contribution in [0.3, 0.4) is 0 Å². The van der Waals surface area contributed by atoms with Gasteiger partial charge in [0, 0.05) is 19.2 Å². The van der Waals surface area contributed by atoms with Crippen LogP contribution < -0.4 is 4.74 Å². The Morgan fingerprint density at radius 3 is 2.50 bits per heavy atom. The molecule has 0 aliphatic carbocycles. The summed E-state index contributed by atoms with van der Waals surface area (Å²) < 4.78 is 48.9. The van der Waals surface area contributed by atoms with Crippen LogP contribution in [0, 0.1) is 0 Å². The Morgan fingerprint density at radius 1 is 1.18 bits per heavy atom. The Hall–Kier alpha value is -3.60. The van der Waals surface area contributed by atoms with E-state index in [1.165, 1.54) is 25.3 Å². The highest BCUT2D eigenvalue weighted by Crippen LogP contribution is 2.33. The first kappa shape index (κ1) is 23.6. The molecule has 0 saturated carbocycles. The molecule has 4 aromatic rings. The third-order valence-electron chi connectivity index (χ3n) is 5.31. The number of rotatable bonds is 6. The number of aromatic nitrogens is 5. The minimum absolute atomic E-state index is 0.0479. The average Bonchev–Trinajstić information content (AvgIpc) is 3.40. The molecule has 3 heterocycles. The van der Waals surface area contributed by atoms with E-state index < -0.39 is 17.8 Å². The first-order valence-electron chi connectivity index (χ1n) is 10.2. The second-order valence-electron chi connectivity index (χ2n) is 7.46. The van der Waals surface area contributed by atoms with E-state index in [1.807, 2.05) is 6.92 Å². The van der Waals surface area contributed by atoms with Crippen molar-refractivity contribution in [2.45, 2.75) is 26.2 Å². The average molecular weight is 493 g/mol. The van der Waals surface area contributed by atoms with Crippen LogP contribution >= 0.6 is 11.6 Å². The molecule has 178 valence electrons. The predicted molar refractivity (Wildman–Crippen MR) is 119 cm³/mol. The molecule has 1 aromatic carbocycles. The van der Waals surface area contributed by atoms with Crippen LogP contribution in [0.4, 0.5) is 13.2 Å². The number of benzene rings is 1. The fraction of sp³-hybridized carbons (Fsp3) is 0.273. The van der Waals surface area contributed by atoms with Gasteiger partial charge >= 0.3 is 6.18 Å². The number of ether oxygens (including phenoxy) is 1. The summed E-state index contributed by atoms with van der Waals surface area (Å²) in [6.45, 7) is 2.53. The van der Waals surface area contributed by atoms with Gasteiger partial charge in [-0.3, -0.25) is 9.48 Å². The highest BCUT2D eigenvalue weighted by Gasteiger charge is 2.36. The molecule has 0 bridgehead atoms. The quantitative estimate of drug-likeness (QED) is 0.394. The summed E-state index contributed by atoms with van der Waals surface area (Å²) in [7, 11) is 3.01. The van der Waals surface area contributed by atoms with Crippen molar-refractivity contribution >= 4 is 23.2 Å². The number of alkyl halides is 3. The highest BCUT2D eigenvalue weighted by atomic mass is 35.5. The van der Waals surface area contributed by atoms with Crippen molar-refractivity contribution < 1.29 is 22.7 Å². The monoisotopic (exact) mass is 492 g/mol. The number of carbonyl (C=O) groups excluding carboxylic acids is 1. The van der Waals surface area contributed by atoms with Gasteiger partial charge in [-0.05, 0) is 37.3 Å². The van der Waals surface area contributed by atoms with Crippen LogP contribution in [0.25, 0.3) is 16.9 Å². The smallest absolute Gasteiger partial charge is 0.433 e. The van der Waals surface area contributed by atoms with E-state index in [9.17, 15) is 18.0 Å². The second-order valence-corrected chi connectivity index (χ2v) is 7.87. The van der Waals surface area contributed by atoms with Crippen molar-refractivity contribution in [2.24, 2.45) is 0 Å². The lowest BCUT2D eigenvalue weighted by Crippen LogP contribution is -2.27. The standard InChI is InChI=1S/C22H20ClF3N6O2/c1-4-31-18(16(23)11-27-31)12-30(2)21(33)15-10-28-32-19(22(24,25)26)9-17(29-20(15)32)13-5-7-14(34-3)8-6-13/h5-11H,4,12H2,1-3H3. The molecule has 0 unspecified atom stereocenters. The third kappa shape index (κ3) is 4.30. The van der Waals surface area contributed by atoms with Crippen LogP contribution in [0.15, 0.2) is 42.7 Å². The maximum absolute atomic E-state index is 13.9. The zero-order valence-corrected chi connectivity index (χ0v) is 19.2. The molecule has 1 amide bonds. The van der Waals surface area contributed by atoms with Gasteiger partial charge in [0.15, 0.2) is 11.3 Å². The Balaban J connectivity index is 1.78. The van der Waals surface area contributed by atoms with Crippen LogP contribution in [0.1, 0.15) is 28.7 Å². The summed E-state index contributed by atoms with van der Waals surface area (Å²) in [5.41, 5.74) is -0.224. The van der Waals surface area contributed by atoms with E-state index >= 15 is 0 Å². The maximum Gasteiger partial charge on any atom is 0.433 e. The third-order valence-corrected chi connectivity index (χ3v) is 5.63. The van der Waals surface area contributed by atoms with Gasteiger partial charge in [-0.25, -0.2) is 9.50 Å². The fourth-order valence-corrected chi connectivity index (χ4v) is 3.75. The second kappa shape index (κ2) is 8.98. The minimum atomic E-state index is -4.72. The van der Waals surface area contributed by atoms with Crippen LogP contribution in [-0.2, 0) is 19.3 Å². The molecule has 0 saturated heterocycles. The lowest BCUT2D eigenvalue weighted by Gasteiger charge is -2.18. The van der Waals surface area contributed by atoms with Crippen molar-refractivity contribution in [1.29, 1.82) is 0 Å². The number of hydrogen-bond donors (Lipinski definition) is 0. The molecule has 8 nitrogen and oxygen atoms in total. The number of methoxy groups -OCH3 is 1. The molecule has 0 radical (unpaired) electrons. The molecule has 34 heavy (non-hydrogen) atoms. The largest absolute Gasteiger partial charge is 0.497 e.